The Morgan fingerprint density at radius 2 is 2.40 bits per heavy atom. The fraction of sp³-hybridized carbons (Fsp3) is 0.364. The minimum absolute atomic E-state index is 0.111. The van der Waals surface area contributed by atoms with Gasteiger partial charge in [-0.25, -0.2) is 0 Å². The van der Waals surface area contributed by atoms with Crippen molar-refractivity contribution >= 4 is 27.6 Å². The monoisotopic (exact) mass is 269 g/mol. The molecule has 1 N–H and O–H groups in total. The summed E-state index contributed by atoms with van der Waals surface area (Å²) in [5.74, 6) is -0.624. The van der Waals surface area contributed by atoms with E-state index in [9.17, 15) is 4.79 Å². The predicted octanol–water partition coefficient (Wildman–Crippen LogP) is 2.46. The third-order valence-electron chi connectivity index (χ3n) is 2.76. The Hall–Kier alpha value is -1.03. The minimum atomic E-state index is -0.735. The molecule has 1 unspecified atom stereocenters. The molecule has 0 bridgehead atoms. The third-order valence-corrected chi connectivity index (χ3v) is 3.25. The van der Waals surface area contributed by atoms with Gasteiger partial charge in [0.2, 0.25) is 0 Å². The molecule has 4 heteroatoms. The number of carboxylic acid groups (broad SMARTS) is 1. The van der Waals surface area contributed by atoms with Gasteiger partial charge in [0.15, 0.2) is 0 Å². The number of likely N-dealkylation sites (N-methyl/N-ethyl adjacent to an activating group) is 1. The first-order chi connectivity index (χ1) is 7.08. The second kappa shape index (κ2) is 3.85. The minimum Gasteiger partial charge on any atom is -0.481 e. The normalized spacial score (nSPS) is 19.1. The number of hydrogen-bond acceptors (Lipinski definition) is 2. The Kier molecular flexibility index (Phi) is 2.69. The van der Waals surface area contributed by atoms with Gasteiger partial charge >= 0.3 is 5.97 Å². The van der Waals surface area contributed by atoms with Gasteiger partial charge in [-0.1, -0.05) is 15.9 Å². The quantitative estimate of drug-likeness (QED) is 0.897. The number of carboxylic acids is 1. The van der Waals surface area contributed by atoms with Crippen LogP contribution in [-0.2, 0) is 4.79 Å². The van der Waals surface area contributed by atoms with Crippen LogP contribution in [0.25, 0.3) is 0 Å². The molecule has 1 aliphatic rings. The summed E-state index contributed by atoms with van der Waals surface area (Å²) in [6.45, 7) is 0.790. The summed E-state index contributed by atoms with van der Waals surface area (Å²) in [5, 5.41) is 8.82. The van der Waals surface area contributed by atoms with Crippen molar-refractivity contribution in [2.75, 3.05) is 18.5 Å². The first-order valence-electron chi connectivity index (χ1n) is 4.80. The van der Waals surface area contributed by atoms with Crippen LogP contribution in [0, 0.1) is 0 Å². The molecule has 0 radical (unpaired) electrons. The lowest BCUT2D eigenvalue weighted by Gasteiger charge is -2.11. The molecule has 0 saturated carbocycles. The fourth-order valence-electron chi connectivity index (χ4n) is 2.11. The summed E-state index contributed by atoms with van der Waals surface area (Å²) in [7, 11) is 1.99. The van der Waals surface area contributed by atoms with Gasteiger partial charge in [-0.2, -0.15) is 0 Å². The van der Waals surface area contributed by atoms with Crippen molar-refractivity contribution in [1.29, 1.82) is 0 Å². The molecule has 2 rings (SSSR count). The lowest BCUT2D eigenvalue weighted by Crippen LogP contribution is -2.16. The van der Waals surface area contributed by atoms with Crippen molar-refractivity contribution < 1.29 is 9.90 Å². The Labute approximate surface area is 96.8 Å². The zero-order valence-electron chi connectivity index (χ0n) is 8.40. The van der Waals surface area contributed by atoms with Crippen LogP contribution in [0.15, 0.2) is 22.7 Å². The number of halogens is 1. The van der Waals surface area contributed by atoms with Crippen LogP contribution in [-0.4, -0.2) is 24.7 Å². The van der Waals surface area contributed by atoms with Crippen LogP contribution in [0.3, 0.4) is 0 Å². The van der Waals surface area contributed by atoms with Crippen molar-refractivity contribution in [3.63, 3.8) is 0 Å². The average Bonchev–Trinajstić information content (AvgIpc) is 2.42. The van der Waals surface area contributed by atoms with Gasteiger partial charge in [0.1, 0.15) is 0 Å². The molecule has 1 aromatic carbocycles. The number of fused-ring (bicyclic) bond motifs is 1. The smallest absolute Gasteiger partial charge is 0.304 e. The van der Waals surface area contributed by atoms with E-state index in [1.165, 1.54) is 0 Å². The van der Waals surface area contributed by atoms with E-state index in [4.69, 9.17) is 5.11 Å². The van der Waals surface area contributed by atoms with Gasteiger partial charge in [0.05, 0.1) is 6.42 Å². The second-order valence-electron chi connectivity index (χ2n) is 3.88. The van der Waals surface area contributed by atoms with Crippen LogP contribution in [0.2, 0.25) is 0 Å². The Morgan fingerprint density at radius 1 is 1.67 bits per heavy atom. The molecule has 0 saturated heterocycles. The number of anilines is 1. The van der Waals surface area contributed by atoms with E-state index < -0.39 is 5.97 Å². The van der Waals surface area contributed by atoms with E-state index in [1.54, 1.807) is 0 Å². The van der Waals surface area contributed by atoms with Gasteiger partial charge in [-0.3, -0.25) is 4.79 Å². The summed E-state index contributed by atoms with van der Waals surface area (Å²) >= 11 is 3.41. The molecule has 3 nitrogen and oxygen atoms in total. The van der Waals surface area contributed by atoms with Crippen LogP contribution in [0.4, 0.5) is 5.69 Å². The largest absolute Gasteiger partial charge is 0.481 e. The maximum Gasteiger partial charge on any atom is 0.304 e. The maximum absolute atomic E-state index is 10.7. The molecule has 1 heterocycles. The highest BCUT2D eigenvalue weighted by Crippen LogP contribution is 2.38. The zero-order chi connectivity index (χ0) is 11.0. The molecule has 0 aliphatic carbocycles. The first-order valence-corrected chi connectivity index (χ1v) is 5.59. The van der Waals surface area contributed by atoms with Crippen LogP contribution in [0.1, 0.15) is 17.9 Å². The van der Waals surface area contributed by atoms with E-state index in [0.717, 1.165) is 22.3 Å². The maximum atomic E-state index is 10.7. The highest BCUT2D eigenvalue weighted by molar-refractivity contribution is 9.10. The first kappa shape index (κ1) is 10.5. The van der Waals surface area contributed by atoms with E-state index in [0.29, 0.717) is 0 Å². The van der Waals surface area contributed by atoms with Crippen molar-refractivity contribution in [2.24, 2.45) is 0 Å². The summed E-state index contributed by atoms with van der Waals surface area (Å²) in [6.07, 6.45) is 0.202. The molecule has 0 spiro atoms. The van der Waals surface area contributed by atoms with Crippen molar-refractivity contribution in [2.45, 2.75) is 12.3 Å². The fourth-order valence-corrected chi connectivity index (χ4v) is 2.49. The average molecular weight is 270 g/mol. The van der Waals surface area contributed by atoms with Gasteiger partial charge in [0, 0.05) is 29.7 Å². The van der Waals surface area contributed by atoms with E-state index in [2.05, 4.69) is 20.8 Å². The highest BCUT2D eigenvalue weighted by Gasteiger charge is 2.28. The molecular formula is C11H12BrNO2. The number of nitrogens with zero attached hydrogens (tertiary/aromatic N) is 1. The van der Waals surface area contributed by atoms with E-state index >= 15 is 0 Å². The summed E-state index contributed by atoms with van der Waals surface area (Å²) in [5.41, 5.74) is 2.28. The lowest BCUT2D eigenvalue weighted by atomic mass is 9.98. The molecule has 1 aromatic rings. The molecule has 1 aliphatic heterocycles. The van der Waals surface area contributed by atoms with Gasteiger partial charge in [-0.05, 0) is 23.8 Å². The number of carbonyl (C=O) groups is 1. The molecule has 0 fully saturated rings. The number of benzene rings is 1. The van der Waals surface area contributed by atoms with Crippen LogP contribution >= 0.6 is 15.9 Å². The Balaban J connectivity index is 2.35. The molecular weight excluding hydrogens is 258 g/mol. The standard InChI is InChI=1S/C11H12BrNO2/c1-13-6-7(4-11(14)15)9-5-8(12)2-3-10(9)13/h2-3,5,7H,4,6H2,1H3,(H,14,15). The third kappa shape index (κ3) is 2.00. The van der Waals surface area contributed by atoms with Crippen molar-refractivity contribution in [1.82, 2.24) is 0 Å². The number of hydrogen-bond donors (Lipinski definition) is 1. The molecule has 0 aromatic heterocycles. The van der Waals surface area contributed by atoms with Gasteiger partial charge in [-0.15, -0.1) is 0 Å². The Bertz CT molecular complexity index is 406. The Morgan fingerprint density at radius 3 is 3.07 bits per heavy atom. The molecule has 15 heavy (non-hydrogen) atoms. The van der Waals surface area contributed by atoms with E-state index in [-0.39, 0.29) is 12.3 Å². The van der Waals surface area contributed by atoms with Crippen LogP contribution < -0.4 is 4.90 Å². The number of rotatable bonds is 2. The zero-order valence-corrected chi connectivity index (χ0v) is 9.99. The van der Waals surface area contributed by atoms with Crippen molar-refractivity contribution in [3.05, 3.63) is 28.2 Å². The van der Waals surface area contributed by atoms with E-state index in [1.807, 2.05) is 25.2 Å². The second-order valence-corrected chi connectivity index (χ2v) is 4.79. The molecule has 0 amide bonds. The lowest BCUT2D eigenvalue weighted by molar-refractivity contribution is -0.137. The van der Waals surface area contributed by atoms with Gasteiger partial charge < -0.3 is 10.0 Å². The van der Waals surface area contributed by atoms with Crippen molar-refractivity contribution in [3.8, 4) is 0 Å². The number of aliphatic carboxylic acids is 1. The molecule has 1 atom stereocenters. The highest BCUT2D eigenvalue weighted by atomic mass is 79.9. The predicted molar refractivity (Wildman–Crippen MR) is 62.4 cm³/mol. The van der Waals surface area contributed by atoms with Crippen LogP contribution in [0.5, 0.6) is 0 Å². The van der Waals surface area contributed by atoms with Gasteiger partial charge in [0.25, 0.3) is 0 Å². The summed E-state index contributed by atoms with van der Waals surface area (Å²) < 4.78 is 1.01. The topological polar surface area (TPSA) is 40.5 Å². The molecule has 80 valence electrons. The summed E-state index contributed by atoms with van der Waals surface area (Å²) in [4.78, 5) is 12.8. The SMILES string of the molecule is CN1CC(CC(=O)O)c2cc(Br)ccc21. The summed E-state index contributed by atoms with van der Waals surface area (Å²) in [6, 6.07) is 6.03.